The lowest BCUT2D eigenvalue weighted by Crippen LogP contribution is -2.55. The van der Waals surface area contributed by atoms with Crippen LogP contribution in [0.4, 0.5) is 5.69 Å². The van der Waals surface area contributed by atoms with Gasteiger partial charge in [0, 0.05) is 56.9 Å². The molecule has 0 spiro atoms. The molecule has 7 heteroatoms. The smallest absolute Gasteiger partial charge is 0.194 e. The second kappa shape index (κ2) is 8.57. The molecular formula is C23H31N5OS. The number of likely N-dealkylation sites (tertiary alicyclic amines) is 1. The Morgan fingerprint density at radius 2 is 1.97 bits per heavy atom. The lowest BCUT2D eigenvalue weighted by molar-refractivity contribution is 0.0878. The quantitative estimate of drug-likeness (QED) is 0.625. The molecule has 0 unspecified atom stereocenters. The highest BCUT2D eigenvalue weighted by Crippen LogP contribution is 2.29. The van der Waals surface area contributed by atoms with Gasteiger partial charge in [-0.15, -0.1) is 11.3 Å². The Morgan fingerprint density at radius 3 is 2.80 bits per heavy atom. The maximum atomic E-state index is 5.57. The Kier molecular flexibility index (Phi) is 5.67. The van der Waals surface area contributed by atoms with Crippen molar-refractivity contribution in [3.8, 4) is 5.75 Å². The van der Waals surface area contributed by atoms with Gasteiger partial charge >= 0.3 is 0 Å². The number of piperazine rings is 1. The van der Waals surface area contributed by atoms with Crippen LogP contribution in [0, 0.1) is 6.92 Å². The van der Waals surface area contributed by atoms with Gasteiger partial charge in [-0.25, -0.2) is 4.98 Å². The summed E-state index contributed by atoms with van der Waals surface area (Å²) in [6, 6.07) is 9.04. The number of para-hydroxylation sites is 2. The van der Waals surface area contributed by atoms with E-state index in [4.69, 9.17) is 9.72 Å². The number of fused-ring (bicyclic) bond motifs is 1. The molecule has 2 aromatic heterocycles. The third kappa shape index (κ3) is 3.82. The van der Waals surface area contributed by atoms with Crippen LogP contribution in [-0.4, -0.2) is 71.6 Å². The van der Waals surface area contributed by atoms with Gasteiger partial charge < -0.3 is 9.64 Å². The van der Waals surface area contributed by atoms with Gasteiger partial charge in [-0.05, 0) is 38.4 Å². The fourth-order valence-electron chi connectivity index (χ4n) is 5.03. The van der Waals surface area contributed by atoms with Crippen LogP contribution in [0.2, 0.25) is 0 Å². The molecular weight excluding hydrogens is 394 g/mol. The summed E-state index contributed by atoms with van der Waals surface area (Å²) in [6.45, 7) is 9.87. The molecule has 0 N–H and O–H groups in total. The first-order valence-electron chi connectivity index (χ1n) is 11.0. The van der Waals surface area contributed by atoms with Gasteiger partial charge in [0.05, 0.1) is 24.2 Å². The fourth-order valence-corrected chi connectivity index (χ4v) is 5.81. The number of thiazole rings is 1. The van der Waals surface area contributed by atoms with Crippen LogP contribution in [0.1, 0.15) is 24.2 Å². The van der Waals surface area contributed by atoms with Crippen LogP contribution >= 0.6 is 11.3 Å². The van der Waals surface area contributed by atoms with Crippen molar-refractivity contribution in [3.63, 3.8) is 0 Å². The van der Waals surface area contributed by atoms with Crippen LogP contribution in [-0.2, 0) is 6.54 Å². The van der Waals surface area contributed by atoms with Crippen molar-refractivity contribution in [2.24, 2.45) is 0 Å². The molecule has 0 saturated carbocycles. The SMILES string of the molecule is COc1ccccc1N1CCN([C@H]2CCCN(Cc3c(C)nc4sccn34)C2)CC1. The maximum absolute atomic E-state index is 5.57. The summed E-state index contributed by atoms with van der Waals surface area (Å²) < 4.78 is 7.85. The van der Waals surface area contributed by atoms with Crippen molar-refractivity contribution < 1.29 is 4.74 Å². The van der Waals surface area contributed by atoms with Gasteiger partial charge in [0.25, 0.3) is 0 Å². The highest BCUT2D eigenvalue weighted by molar-refractivity contribution is 7.15. The fraction of sp³-hybridized carbons (Fsp3) is 0.522. The van der Waals surface area contributed by atoms with Gasteiger partial charge in [-0.2, -0.15) is 0 Å². The number of hydrogen-bond acceptors (Lipinski definition) is 6. The summed E-state index contributed by atoms with van der Waals surface area (Å²) in [5, 5.41) is 2.13. The van der Waals surface area contributed by atoms with Gasteiger partial charge in [0.2, 0.25) is 0 Å². The van der Waals surface area contributed by atoms with Crippen molar-refractivity contribution in [1.29, 1.82) is 0 Å². The van der Waals surface area contributed by atoms with Crippen LogP contribution in [0.5, 0.6) is 5.75 Å². The van der Waals surface area contributed by atoms with E-state index in [-0.39, 0.29) is 0 Å². The standard InChI is InChI=1S/C23H31N5OS/c1-18-21(28-14-15-30-23(28)24-18)17-25-9-5-6-19(16-25)26-10-12-27(13-11-26)20-7-3-4-8-22(20)29-2/h3-4,7-8,14-15,19H,5-6,9-13,16-17H2,1-2H3/t19-/m0/s1. The summed E-state index contributed by atoms with van der Waals surface area (Å²) in [4.78, 5) is 13.7. The van der Waals surface area contributed by atoms with Gasteiger partial charge in [0.15, 0.2) is 4.96 Å². The summed E-state index contributed by atoms with van der Waals surface area (Å²) >= 11 is 1.72. The average Bonchev–Trinajstić information content (AvgIpc) is 3.36. The number of methoxy groups -OCH3 is 1. The zero-order valence-corrected chi connectivity index (χ0v) is 18.8. The Balaban J connectivity index is 1.21. The van der Waals surface area contributed by atoms with E-state index >= 15 is 0 Å². The summed E-state index contributed by atoms with van der Waals surface area (Å²) in [7, 11) is 1.76. The van der Waals surface area contributed by atoms with E-state index < -0.39 is 0 Å². The third-order valence-electron chi connectivity index (χ3n) is 6.67. The first kappa shape index (κ1) is 19.8. The molecule has 0 bridgehead atoms. The Morgan fingerprint density at radius 1 is 1.13 bits per heavy atom. The summed E-state index contributed by atoms with van der Waals surface area (Å²) in [5.41, 5.74) is 3.75. The molecule has 160 valence electrons. The molecule has 2 aliphatic rings. The molecule has 1 atom stereocenters. The van der Waals surface area contributed by atoms with E-state index in [1.807, 2.05) is 6.07 Å². The number of rotatable bonds is 5. The number of anilines is 1. The van der Waals surface area contributed by atoms with Crippen LogP contribution in [0.15, 0.2) is 35.8 Å². The molecule has 6 nitrogen and oxygen atoms in total. The second-order valence-electron chi connectivity index (χ2n) is 8.43. The lowest BCUT2D eigenvalue weighted by Gasteiger charge is -2.44. The molecule has 2 aliphatic heterocycles. The van der Waals surface area contributed by atoms with Gasteiger partial charge in [-0.1, -0.05) is 12.1 Å². The van der Waals surface area contributed by atoms with E-state index in [0.717, 1.165) is 50.0 Å². The number of hydrogen-bond donors (Lipinski definition) is 0. The Labute approximate surface area is 182 Å². The van der Waals surface area contributed by atoms with Crippen LogP contribution in [0.3, 0.4) is 0 Å². The first-order chi connectivity index (χ1) is 14.7. The maximum Gasteiger partial charge on any atom is 0.194 e. The summed E-state index contributed by atoms with van der Waals surface area (Å²) in [6.07, 6.45) is 4.75. The number of imidazole rings is 1. The number of piperidine rings is 1. The van der Waals surface area contributed by atoms with Crippen molar-refractivity contribution >= 4 is 22.0 Å². The molecule has 3 aromatic rings. The zero-order valence-electron chi connectivity index (χ0n) is 18.0. The number of aromatic nitrogens is 2. The lowest BCUT2D eigenvalue weighted by atomic mass is 10.0. The zero-order chi connectivity index (χ0) is 20.5. The van der Waals surface area contributed by atoms with Crippen molar-refractivity contribution in [2.45, 2.75) is 32.4 Å². The minimum atomic E-state index is 0.657. The van der Waals surface area contributed by atoms with Crippen molar-refractivity contribution in [1.82, 2.24) is 19.2 Å². The number of nitrogens with zero attached hydrogens (tertiary/aromatic N) is 5. The molecule has 2 saturated heterocycles. The van der Waals surface area contributed by atoms with Gasteiger partial charge in [0.1, 0.15) is 5.75 Å². The topological polar surface area (TPSA) is 36.2 Å². The molecule has 0 amide bonds. The monoisotopic (exact) mass is 425 g/mol. The minimum absolute atomic E-state index is 0.657. The van der Waals surface area contributed by atoms with E-state index in [1.54, 1.807) is 18.4 Å². The minimum Gasteiger partial charge on any atom is -0.495 e. The number of benzene rings is 1. The van der Waals surface area contributed by atoms with Crippen molar-refractivity contribution in [2.75, 3.05) is 51.3 Å². The molecule has 5 rings (SSSR count). The van der Waals surface area contributed by atoms with E-state index in [0.29, 0.717) is 6.04 Å². The second-order valence-corrected chi connectivity index (χ2v) is 9.30. The summed E-state index contributed by atoms with van der Waals surface area (Å²) in [5.74, 6) is 0.978. The number of aryl methyl sites for hydroxylation is 1. The largest absolute Gasteiger partial charge is 0.495 e. The third-order valence-corrected chi connectivity index (χ3v) is 7.43. The Bertz CT molecular complexity index is 991. The van der Waals surface area contributed by atoms with Crippen LogP contribution < -0.4 is 9.64 Å². The molecule has 1 aromatic carbocycles. The molecule has 2 fully saturated rings. The molecule has 4 heterocycles. The van der Waals surface area contributed by atoms with Crippen molar-refractivity contribution in [3.05, 3.63) is 47.2 Å². The predicted molar refractivity (Wildman–Crippen MR) is 123 cm³/mol. The van der Waals surface area contributed by atoms with Crippen LogP contribution in [0.25, 0.3) is 4.96 Å². The highest BCUT2D eigenvalue weighted by atomic mass is 32.1. The van der Waals surface area contributed by atoms with Gasteiger partial charge in [-0.3, -0.25) is 14.2 Å². The molecule has 0 radical (unpaired) electrons. The van der Waals surface area contributed by atoms with E-state index in [9.17, 15) is 0 Å². The molecule has 0 aliphatic carbocycles. The average molecular weight is 426 g/mol. The number of ether oxygens (including phenoxy) is 1. The van der Waals surface area contributed by atoms with E-state index in [1.165, 1.54) is 36.5 Å². The first-order valence-corrected chi connectivity index (χ1v) is 11.9. The normalized spacial score (nSPS) is 21.4. The predicted octanol–water partition coefficient (Wildman–Crippen LogP) is 3.50. The Hall–Kier alpha value is -2.09. The highest BCUT2D eigenvalue weighted by Gasteiger charge is 2.29. The van der Waals surface area contributed by atoms with E-state index in [2.05, 4.69) is 55.8 Å². The molecule has 30 heavy (non-hydrogen) atoms.